The van der Waals surface area contributed by atoms with E-state index in [1.807, 2.05) is 39.0 Å². The molecule has 1 aromatic carbocycles. The van der Waals surface area contributed by atoms with Crippen molar-refractivity contribution < 1.29 is 24.2 Å². The van der Waals surface area contributed by atoms with Crippen LogP contribution in [-0.2, 0) is 14.3 Å². The summed E-state index contributed by atoms with van der Waals surface area (Å²) in [4.78, 5) is 40.3. The molecule has 1 aromatic rings. The fourth-order valence-corrected chi connectivity index (χ4v) is 3.17. The summed E-state index contributed by atoms with van der Waals surface area (Å²) < 4.78 is 5.21. The lowest BCUT2D eigenvalue weighted by Gasteiger charge is -2.37. The SMILES string of the molecule is Cc1ccccc1C(C(=O)NC(C)C)N(C(=O)C(CO)NC(=O)OC(C)(C)C)C(C)C. The van der Waals surface area contributed by atoms with Gasteiger partial charge in [0.05, 0.1) is 6.61 Å². The second-order valence-electron chi connectivity index (χ2n) is 9.14. The zero-order valence-corrected chi connectivity index (χ0v) is 19.9. The second kappa shape index (κ2) is 11.1. The Labute approximate surface area is 185 Å². The number of alkyl carbamates (subject to hydrolysis) is 1. The van der Waals surface area contributed by atoms with E-state index in [1.165, 1.54) is 4.90 Å². The molecule has 1 rings (SSSR count). The molecule has 3 N–H and O–H groups in total. The van der Waals surface area contributed by atoms with Crippen molar-refractivity contribution in [3.05, 3.63) is 35.4 Å². The van der Waals surface area contributed by atoms with Crippen molar-refractivity contribution in [2.75, 3.05) is 6.61 Å². The van der Waals surface area contributed by atoms with Gasteiger partial charge in [0.1, 0.15) is 17.7 Å². The lowest BCUT2D eigenvalue weighted by atomic mass is 9.97. The average Bonchev–Trinajstić information content (AvgIpc) is 2.62. The summed E-state index contributed by atoms with van der Waals surface area (Å²) in [6.07, 6.45) is -0.817. The average molecular weight is 436 g/mol. The summed E-state index contributed by atoms with van der Waals surface area (Å²) in [5.41, 5.74) is 0.772. The molecule has 2 atom stereocenters. The van der Waals surface area contributed by atoms with Crippen LogP contribution in [0.15, 0.2) is 24.3 Å². The third-order valence-corrected chi connectivity index (χ3v) is 4.42. The molecule has 0 radical (unpaired) electrons. The third-order valence-electron chi connectivity index (χ3n) is 4.42. The van der Waals surface area contributed by atoms with Gasteiger partial charge in [0.25, 0.3) is 0 Å². The number of carbonyl (C=O) groups excluding carboxylic acids is 3. The van der Waals surface area contributed by atoms with Crippen molar-refractivity contribution >= 4 is 17.9 Å². The van der Waals surface area contributed by atoms with Crippen LogP contribution in [0.4, 0.5) is 4.79 Å². The molecule has 0 aliphatic heterocycles. The molecular formula is C23H37N3O5. The summed E-state index contributed by atoms with van der Waals surface area (Å²) in [5.74, 6) is -0.907. The third kappa shape index (κ3) is 7.86. The van der Waals surface area contributed by atoms with E-state index < -0.39 is 36.3 Å². The van der Waals surface area contributed by atoms with Gasteiger partial charge in [0.15, 0.2) is 0 Å². The van der Waals surface area contributed by atoms with E-state index in [4.69, 9.17) is 4.74 Å². The van der Waals surface area contributed by atoms with Crippen LogP contribution < -0.4 is 10.6 Å². The Morgan fingerprint density at radius 1 is 1.06 bits per heavy atom. The Bertz CT molecular complexity index is 771. The van der Waals surface area contributed by atoms with E-state index in [0.717, 1.165) is 5.56 Å². The van der Waals surface area contributed by atoms with Crippen LogP contribution in [0.3, 0.4) is 0 Å². The number of carbonyl (C=O) groups is 3. The Balaban J connectivity index is 3.36. The summed E-state index contributed by atoms with van der Waals surface area (Å²) in [6.45, 7) is 13.6. The molecular weight excluding hydrogens is 398 g/mol. The largest absolute Gasteiger partial charge is 0.444 e. The molecule has 0 aliphatic rings. The first-order valence-electron chi connectivity index (χ1n) is 10.6. The van der Waals surface area contributed by atoms with Crippen molar-refractivity contribution in [1.82, 2.24) is 15.5 Å². The zero-order valence-electron chi connectivity index (χ0n) is 19.9. The van der Waals surface area contributed by atoms with Gasteiger partial charge in [0.2, 0.25) is 11.8 Å². The molecule has 0 heterocycles. The number of hydrogen-bond donors (Lipinski definition) is 3. The molecule has 0 aliphatic carbocycles. The highest BCUT2D eigenvalue weighted by Gasteiger charge is 2.38. The van der Waals surface area contributed by atoms with Crippen LogP contribution in [-0.4, -0.2) is 58.2 Å². The van der Waals surface area contributed by atoms with Gasteiger partial charge >= 0.3 is 6.09 Å². The minimum atomic E-state index is -1.25. The maximum absolute atomic E-state index is 13.4. The molecule has 8 heteroatoms. The highest BCUT2D eigenvalue weighted by molar-refractivity contribution is 5.92. The summed E-state index contributed by atoms with van der Waals surface area (Å²) in [6, 6.07) is 4.65. The molecule has 8 nitrogen and oxygen atoms in total. The van der Waals surface area contributed by atoms with E-state index in [9.17, 15) is 19.5 Å². The fraction of sp³-hybridized carbons (Fsp3) is 0.609. The van der Waals surface area contributed by atoms with Gasteiger partial charge in [-0.05, 0) is 66.5 Å². The second-order valence-corrected chi connectivity index (χ2v) is 9.14. The Morgan fingerprint density at radius 3 is 2.10 bits per heavy atom. The zero-order chi connectivity index (χ0) is 23.9. The first-order valence-corrected chi connectivity index (χ1v) is 10.6. The number of aliphatic hydroxyl groups is 1. The van der Waals surface area contributed by atoms with Gasteiger partial charge in [-0.15, -0.1) is 0 Å². The van der Waals surface area contributed by atoms with Crippen LogP contribution in [0.1, 0.15) is 65.6 Å². The van der Waals surface area contributed by atoms with Crippen molar-refractivity contribution in [2.45, 2.75) is 85.2 Å². The van der Waals surface area contributed by atoms with Crippen molar-refractivity contribution in [2.24, 2.45) is 0 Å². The number of aryl methyl sites for hydroxylation is 1. The van der Waals surface area contributed by atoms with Gasteiger partial charge in [-0.1, -0.05) is 24.3 Å². The number of rotatable bonds is 8. The first-order chi connectivity index (χ1) is 14.3. The molecule has 0 bridgehead atoms. The molecule has 174 valence electrons. The molecule has 0 saturated carbocycles. The minimum absolute atomic E-state index is 0.128. The normalized spacial score (nSPS) is 13.5. The number of aliphatic hydroxyl groups excluding tert-OH is 1. The Hall–Kier alpha value is -2.61. The summed E-state index contributed by atoms with van der Waals surface area (Å²) in [5, 5.41) is 15.2. The smallest absolute Gasteiger partial charge is 0.408 e. The van der Waals surface area contributed by atoms with Crippen LogP contribution in [0.5, 0.6) is 0 Å². The lowest BCUT2D eigenvalue weighted by molar-refractivity contribution is -0.145. The van der Waals surface area contributed by atoms with Gasteiger partial charge in [0, 0.05) is 12.1 Å². The van der Waals surface area contributed by atoms with Crippen LogP contribution in [0.2, 0.25) is 0 Å². The van der Waals surface area contributed by atoms with Crippen molar-refractivity contribution in [1.29, 1.82) is 0 Å². The Kier molecular flexibility index (Phi) is 9.49. The van der Waals surface area contributed by atoms with E-state index in [-0.39, 0.29) is 18.0 Å². The number of nitrogens with one attached hydrogen (secondary N) is 2. The number of hydrogen-bond acceptors (Lipinski definition) is 5. The molecule has 0 saturated heterocycles. The minimum Gasteiger partial charge on any atom is -0.444 e. The number of ether oxygens (including phenoxy) is 1. The summed E-state index contributed by atoms with van der Waals surface area (Å²) >= 11 is 0. The molecule has 0 fully saturated rings. The predicted octanol–water partition coefficient (Wildman–Crippen LogP) is 2.68. The molecule has 2 unspecified atom stereocenters. The number of nitrogens with zero attached hydrogens (tertiary/aromatic N) is 1. The van der Waals surface area contributed by atoms with E-state index in [2.05, 4.69) is 10.6 Å². The van der Waals surface area contributed by atoms with E-state index >= 15 is 0 Å². The molecule has 0 spiro atoms. The van der Waals surface area contributed by atoms with Crippen molar-refractivity contribution in [3.8, 4) is 0 Å². The quantitative estimate of drug-likeness (QED) is 0.582. The van der Waals surface area contributed by atoms with Crippen LogP contribution in [0.25, 0.3) is 0 Å². The monoisotopic (exact) mass is 435 g/mol. The van der Waals surface area contributed by atoms with Gasteiger partial charge in [-0.3, -0.25) is 9.59 Å². The van der Waals surface area contributed by atoms with Gasteiger partial charge < -0.3 is 25.4 Å². The number of benzene rings is 1. The van der Waals surface area contributed by atoms with E-state index in [0.29, 0.717) is 5.56 Å². The van der Waals surface area contributed by atoms with Crippen molar-refractivity contribution in [3.63, 3.8) is 0 Å². The maximum atomic E-state index is 13.4. The molecule has 0 aromatic heterocycles. The Morgan fingerprint density at radius 2 is 1.65 bits per heavy atom. The molecule has 3 amide bonds. The first kappa shape index (κ1) is 26.4. The highest BCUT2D eigenvalue weighted by atomic mass is 16.6. The predicted molar refractivity (Wildman–Crippen MR) is 119 cm³/mol. The molecule has 31 heavy (non-hydrogen) atoms. The topological polar surface area (TPSA) is 108 Å². The number of amides is 3. The fourth-order valence-electron chi connectivity index (χ4n) is 3.17. The highest BCUT2D eigenvalue weighted by Crippen LogP contribution is 2.27. The lowest BCUT2D eigenvalue weighted by Crippen LogP contribution is -2.56. The van der Waals surface area contributed by atoms with Crippen LogP contribution in [0, 0.1) is 6.92 Å². The standard InChI is InChI=1S/C23H37N3O5/c1-14(2)24-20(28)19(17-12-10-9-11-16(17)5)26(15(3)4)21(29)18(13-27)25-22(30)31-23(6,7)8/h9-12,14-15,18-19,27H,13H2,1-8H3,(H,24,28)(H,25,30). The maximum Gasteiger partial charge on any atom is 0.408 e. The van der Waals surface area contributed by atoms with E-state index in [1.54, 1.807) is 40.7 Å². The van der Waals surface area contributed by atoms with Crippen LogP contribution >= 0.6 is 0 Å². The van der Waals surface area contributed by atoms with Gasteiger partial charge in [-0.2, -0.15) is 0 Å². The van der Waals surface area contributed by atoms with Gasteiger partial charge in [-0.25, -0.2) is 4.79 Å². The summed E-state index contributed by atoms with van der Waals surface area (Å²) in [7, 11) is 0.